The molecule has 0 fully saturated rings. The molecule has 0 bridgehead atoms. The average molecular weight is 141 g/mol. The van der Waals surface area contributed by atoms with Crippen LogP contribution in [-0.2, 0) is 4.79 Å². The molecule has 0 unspecified atom stereocenters. The SMILES string of the molecule is CN/C=C\C(=O)C(C)(C)C. The predicted octanol–water partition coefficient (Wildman–Crippen LogP) is 1.33. The monoisotopic (exact) mass is 141 g/mol. The molecule has 1 N–H and O–H groups in total. The molecule has 0 aliphatic heterocycles. The van der Waals surface area contributed by atoms with Crippen molar-refractivity contribution >= 4 is 5.78 Å². The van der Waals surface area contributed by atoms with Gasteiger partial charge in [0.1, 0.15) is 0 Å². The maximum absolute atomic E-state index is 11.1. The molecule has 0 saturated heterocycles. The number of rotatable bonds is 2. The predicted molar refractivity (Wildman–Crippen MR) is 42.7 cm³/mol. The normalized spacial score (nSPS) is 12.0. The minimum Gasteiger partial charge on any atom is -0.394 e. The molecule has 0 atom stereocenters. The van der Waals surface area contributed by atoms with Gasteiger partial charge in [0.15, 0.2) is 5.78 Å². The smallest absolute Gasteiger partial charge is 0.162 e. The van der Waals surface area contributed by atoms with Gasteiger partial charge in [-0.05, 0) is 12.3 Å². The summed E-state index contributed by atoms with van der Waals surface area (Å²) in [7, 11) is 1.77. The highest BCUT2D eigenvalue weighted by Crippen LogP contribution is 2.14. The number of allylic oxidation sites excluding steroid dienone is 1. The number of hydrogen-bond acceptors (Lipinski definition) is 2. The summed E-state index contributed by atoms with van der Waals surface area (Å²) in [5.74, 6) is 0.141. The van der Waals surface area contributed by atoms with E-state index in [0.717, 1.165) is 0 Å². The lowest BCUT2D eigenvalue weighted by Gasteiger charge is -2.12. The number of hydrogen-bond donors (Lipinski definition) is 1. The van der Waals surface area contributed by atoms with Crippen LogP contribution in [0.15, 0.2) is 12.3 Å². The second-order valence-electron chi connectivity index (χ2n) is 3.24. The van der Waals surface area contributed by atoms with Gasteiger partial charge in [-0.15, -0.1) is 0 Å². The second kappa shape index (κ2) is 3.40. The van der Waals surface area contributed by atoms with Crippen LogP contribution in [0, 0.1) is 5.41 Å². The summed E-state index contributed by atoms with van der Waals surface area (Å²) in [6.45, 7) is 5.69. The van der Waals surface area contributed by atoms with Gasteiger partial charge < -0.3 is 5.32 Å². The summed E-state index contributed by atoms with van der Waals surface area (Å²) < 4.78 is 0. The molecular weight excluding hydrogens is 126 g/mol. The van der Waals surface area contributed by atoms with Gasteiger partial charge in [-0.3, -0.25) is 4.79 Å². The molecule has 0 amide bonds. The molecule has 0 spiro atoms. The maximum atomic E-state index is 11.1. The molecule has 0 aromatic rings. The molecule has 0 aromatic carbocycles. The molecule has 0 aliphatic rings. The third kappa shape index (κ3) is 3.28. The average Bonchev–Trinajstić information content (AvgIpc) is 1.80. The third-order valence-corrected chi connectivity index (χ3v) is 1.14. The number of ketones is 1. The van der Waals surface area contributed by atoms with Crippen molar-refractivity contribution in [2.24, 2.45) is 5.41 Å². The first kappa shape index (κ1) is 9.21. The molecule has 0 rings (SSSR count). The van der Waals surface area contributed by atoms with Crippen molar-refractivity contribution < 1.29 is 4.79 Å². The first-order valence-corrected chi connectivity index (χ1v) is 3.36. The Labute approximate surface area is 62.3 Å². The topological polar surface area (TPSA) is 29.1 Å². The number of carbonyl (C=O) groups is 1. The minimum atomic E-state index is -0.257. The molecule has 2 nitrogen and oxygen atoms in total. The highest BCUT2D eigenvalue weighted by Gasteiger charge is 2.17. The summed E-state index contributed by atoms with van der Waals surface area (Å²) >= 11 is 0. The lowest BCUT2D eigenvalue weighted by atomic mass is 9.91. The summed E-state index contributed by atoms with van der Waals surface area (Å²) in [5, 5.41) is 2.77. The van der Waals surface area contributed by atoms with Crippen molar-refractivity contribution in [3.8, 4) is 0 Å². The highest BCUT2D eigenvalue weighted by atomic mass is 16.1. The van der Waals surface area contributed by atoms with Crippen molar-refractivity contribution in [3.63, 3.8) is 0 Å². The molecule has 0 radical (unpaired) electrons. The Bertz CT molecular complexity index is 142. The van der Waals surface area contributed by atoms with Gasteiger partial charge in [-0.1, -0.05) is 20.8 Å². The van der Waals surface area contributed by atoms with Gasteiger partial charge in [0.05, 0.1) is 0 Å². The first-order chi connectivity index (χ1) is 4.48. The second-order valence-corrected chi connectivity index (χ2v) is 3.24. The van der Waals surface area contributed by atoms with Crippen molar-refractivity contribution in [2.45, 2.75) is 20.8 Å². The Morgan fingerprint density at radius 1 is 1.40 bits per heavy atom. The Balaban J connectivity index is 3.98. The zero-order valence-electron chi connectivity index (χ0n) is 7.06. The standard InChI is InChI=1S/C8H15NO/c1-8(2,3)7(10)5-6-9-4/h5-6,9H,1-4H3/b6-5-. The molecule has 0 aromatic heterocycles. The van der Waals surface area contributed by atoms with Gasteiger partial charge in [0, 0.05) is 12.5 Å². The van der Waals surface area contributed by atoms with Gasteiger partial charge >= 0.3 is 0 Å². The van der Waals surface area contributed by atoms with Gasteiger partial charge in [-0.2, -0.15) is 0 Å². The van der Waals surface area contributed by atoms with Crippen molar-refractivity contribution in [2.75, 3.05) is 7.05 Å². The van der Waals surface area contributed by atoms with E-state index in [1.807, 2.05) is 20.8 Å². The molecule has 10 heavy (non-hydrogen) atoms. The van der Waals surface area contributed by atoms with E-state index in [1.165, 1.54) is 0 Å². The maximum Gasteiger partial charge on any atom is 0.162 e. The van der Waals surface area contributed by atoms with Crippen LogP contribution in [0.25, 0.3) is 0 Å². The van der Waals surface area contributed by atoms with E-state index in [4.69, 9.17) is 0 Å². The van der Waals surface area contributed by atoms with Crippen LogP contribution in [0.3, 0.4) is 0 Å². The quantitative estimate of drug-likeness (QED) is 0.588. The fourth-order valence-electron chi connectivity index (χ4n) is 0.409. The van der Waals surface area contributed by atoms with Gasteiger partial charge in [-0.25, -0.2) is 0 Å². The lowest BCUT2D eigenvalue weighted by Crippen LogP contribution is -2.17. The van der Waals surface area contributed by atoms with Crippen molar-refractivity contribution in [3.05, 3.63) is 12.3 Å². The van der Waals surface area contributed by atoms with Crippen molar-refractivity contribution in [1.29, 1.82) is 0 Å². The Morgan fingerprint density at radius 3 is 2.20 bits per heavy atom. The van der Waals surface area contributed by atoms with E-state index in [1.54, 1.807) is 19.3 Å². The Kier molecular flexibility index (Phi) is 3.13. The van der Waals surface area contributed by atoms with Crippen LogP contribution in [-0.4, -0.2) is 12.8 Å². The van der Waals surface area contributed by atoms with Crippen LogP contribution in [0.2, 0.25) is 0 Å². The zero-order chi connectivity index (χ0) is 8.20. The molecular formula is C8H15NO. The van der Waals surface area contributed by atoms with Crippen LogP contribution in [0.4, 0.5) is 0 Å². The fourth-order valence-corrected chi connectivity index (χ4v) is 0.409. The first-order valence-electron chi connectivity index (χ1n) is 3.36. The Hall–Kier alpha value is -0.790. The molecule has 0 aliphatic carbocycles. The van der Waals surface area contributed by atoms with E-state index in [0.29, 0.717) is 0 Å². The Morgan fingerprint density at radius 2 is 1.90 bits per heavy atom. The van der Waals surface area contributed by atoms with Crippen LogP contribution in [0.1, 0.15) is 20.8 Å². The highest BCUT2D eigenvalue weighted by molar-refractivity contribution is 5.93. The van der Waals surface area contributed by atoms with E-state index >= 15 is 0 Å². The molecule has 58 valence electrons. The third-order valence-electron chi connectivity index (χ3n) is 1.14. The molecule has 0 heterocycles. The van der Waals surface area contributed by atoms with Gasteiger partial charge in [0.2, 0.25) is 0 Å². The summed E-state index contributed by atoms with van der Waals surface area (Å²) in [5.41, 5.74) is -0.257. The van der Waals surface area contributed by atoms with Crippen molar-refractivity contribution in [1.82, 2.24) is 5.32 Å². The number of nitrogens with one attached hydrogen (secondary N) is 1. The van der Waals surface area contributed by atoms with Crippen LogP contribution >= 0.6 is 0 Å². The molecule has 0 saturated carbocycles. The lowest BCUT2D eigenvalue weighted by molar-refractivity contribution is -0.121. The largest absolute Gasteiger partial charge is 0.394 e. The summed E-state index contributed by atoms with van der Waals surface area (Å²) in [6, 6.07) is 0. The van der Waals surface area contributed by atoms with Crippen LogP contribution < -0.4 is 5.32 Å². The fraction of sp³-hybridized carbons (Fsp3) is 0.625. The summed E-state index contributed by atoms with van der Waals surface area (Å²) in [4.78, 5) is 11.1. The van der Waals surface area contributed by atoms with Crippen LogP contribution in [0.5, 0.6) is 0 Å². The van der Waals surface area contributed by atoms with E-state index < -0.39 is 0 Å². The van der Waals surface area contributed by atoms with E-state index in [-0.39, 0.29) is 11.2 Å². The van der Waals surface area contributed by atoms with E-state index in [2.05, 4.69) is 5.32 Å². The molecule has 2 heteroatoms. The van der Waals surface area contributed by atoms with E-state index in [9.17, 15) is 4.79 Å². The zero-order valence-corrected chi connectivity index (χ0v) is 7.06. The van der Waals surface area contributed by atoms with Gasteiger partial charge in [0.25, 0.3) is 0 Å². The minimum absolute atomic E-state index is 0.141. The summed E-state index contributed by atoms with van der Waals surface area (Å²) in [6.07, 6.45) is 3.20. The number of carbonyl (C=O) groups excluding carboxylic acids is 1.